The number of thioether (sulfide) groups is 1. The van der Waals surface area contributed by atoms with Gasteiger partial charge in [0.15, 0.2) is 0 Å². The standard InChI is InChI=1S/C21H17ClN4S/c1-27-21-24-20(23-13-15-9-11-18(22)12-10-15)26(25-21)14-17-7-4-6-16-5-2-3-8-19(16)17/h2-13H,14H2,1H3/b23-13-. The van der Waals surface area contributed by atoms with Gasteiger partial charge in [-0.05, 0) is 40.3 Å². The van der Waals surface area contributed by atoms with E-state index in [0.29, 0.717) is 22.7 Å². The number of hydrogen-bond acceptors (Lipinski definition) is 4. The van der Waals surface area contributed by atoms with Crippen LogP contribution in [0.5, 0.6) is 0 Å². The number of hydrogen-bond donors (Lipinski definition) is 0. The maximum absolute atomic E-state index is 5.94. The second kappa shape index (κ2) is 7.94. The lowest BCUT2D eigenvalue weighted by Gasteiger charge is -2.07. The summed E-state index contributed by atoms with van der Waals surface area (Å²) >= 11 is 7.45. The molecule has 0 N–H and O–H groups in total. The van der Waals surface area contributed by atoms with Crippen LogP contribution in [0.2, 0.25) is 5.02 Å². The molecule has 4 nitrogen and oxygen atoms in total. The fourth-order valence-corrected chi connectivity index (χ4v) is 3.35. The summed E-state index contributed by atoms with van der Waals surface area (Å²) < 4.78 is 1.85. The van der Waals surface area contributed by atoms with Gasteiger partial charge in [-0.2, -0.15) is 4.98 Å². The van der Waals surface area contributed by atoms with Crippen molar-refractivity contribution in [3.63, 3.8) is 0 Å². The van der Waals surface area contributed by atoms with Crippen LogP contribution in [0.15, 0.2) is 76.9 Å². The summed E-state index contributed by atoms with van der Waals surface area (Å²) in [4.78, 5) is 9.09. The van der Waals surface area contributed by atoms with E-state index in [1.165, 1.54) is 28.1 Å². The first-order valence-corrected chi connectivity index (χ1v) is 10.1. The molecule has 0 bridgehead atoms. The van der Waals surface area contributed by atoms with Crippen molar-refractivity contribution in [1.29, 1.82) is 0 Å². The third-order valence-corrected chi connectivity index (χ3v) is 5.00. The maximum Gasteiger partial charge on any atom is 0.249 e. The third-order valence-electron chi connectivity index (χ3n) is 4.21. The van der Waals surface area contributed by atoms with E-state index in [1.807, 2.05) is 35.2 Å². The molecule has 0 radical (unpaired) electrons. The second-order valence-corrected chi connectivity index (χ2v) is 7.21. The van der Waals surface area contributed by atoms with E-state index in [9.17, 15) is 0 Å². The van der Waals surface area contributed by atoms with Crippen molar-refractivity contribution in [3.05, 3.63) is 82.9 Å². The summed E-state index contributed by atoms with van der Waals surface area (Å²) in [5.74, 6) is 0.585. The van der Waals surface area contributed by atoms with Gasteiger partial charge in [-0.3, -0.25) is 0 Å². The number of nitrogens with zero attached hydrogens (tertiary/aromatic N) is 4. The van der Waals surface area contributed by atoms with Crippen LogP contribution in [0.25, 0.3) is 10.8 Å². The van der Waals surface area contributed by atoms with Crippen LogP contribution in [0.3, 0.4) is 0 Å². The predicted octanol–water partition coefficient (Wildman–Crippen LogP) is 5.61. The first-order valence-electron chi connectivity index (χ1n) is 8.48. The lowest BCUT2D eigenvalue weighted by atomic mass is 10.0. The molecule has 0 aliphatic rings. The molecule has 0 amide bonds. The third kappa shape index (κ3) is 4.04. The summed E-state index contributed by atoms with van der Waals surface area (Å²) in [5.41, 5.74) is 2.15. The van der Waals surface area contributed by atoms with Gasteiger partial charge in [-0.1, -0.05) is 78.0 Å². The molecule has 4 rings (SSSR count). The largest absolute Gasteiger partial charge is 0.249 e. The smallest absolute Gasteiger partial charge is 0.225 e. The Labute approximate surface area is 166 Å². The molecule has 0 spiro atoms. The lowest BCUT2D eigenvalue weighted by Crippen LogP contribution is -2.02. The number of rotatable bonds is 5. The van der Waals surface area contributed by atoms with Crippen molar-refractivity contribution in [1.82, 2.24) is 14.8 Å². The highest BCUT2D eigenvalue weighted by atomic mass is 35.5. The van der Waals surface area contributed by atoms with E-state index >= 15 is 0 Å². The van der Waals surface area contributed by atoms with E-state index in [4.69, 9.17) is 11.6 Å². The minimum atomic E-state index is 0.585. The zero-order valence-corrected chi connectivity index (χ0v) is 16.3. The summed E-state index contributed by atoms with van der Waals surface area (Å²) in [6.45, 7) is 0.613. The predicted molar refractivity (Wildman–Crippen MR) is 114 cm³/mol. The number of aromatic nitrogens is 3. The molecule has 27 heavy (non-hydrogen) atoms. The Kier molecular flexibility index (Phi) is 5.23. The Morgan fingerprint density at radius 2 is 1.81 bits per heavy atom. The van der Waals surface area contributed by atoms with Crippen LogP contribution in [0, 0.1) is 0 Å². The molecular weight excluding hydrogens is 376 g/mol. The van der Waals surface area contributed by atoms with E-state index in [0.717, 1.165) is 5.56 Å². The Hall–Kier alpha value is -2.63. The van der Waals surface area contributed by atoms with E-state index in [1.54, 1.807) is 6.21 Å². The molecule has 134 valence electrons. The zero-order valence-electron chi connectivity index (χ0n) is 14.7. The zero-order chi connectivity index (χ0) is 18.6. The molecule has 0 unspecified atom stereocenters. The van der Waals surface area contributed by atoms with Gasteiger partial charge in [0, 0.05) is 11.2 Å². The van der Waals surface area contributed by atoms with Gasteiger partial charge >= 0.3 is 0 Å². The molecule has 0 saturated carbocycles. The van der Waals surface area contributed by atoms with Crippen LogP contribution in [-0.4, -0.2) is 27.2 Å². The minimum Gasteiger partial charge on any atom is -0.225 e. The molecule has 0 aliphatic heterocycles. The molecule has 0 fully saturated rings. The van der Waals surface area contributed by atoms with Crippen LogP contribution >= 0.6 is 23.4 Å². The van der Waals surface area contributed by atoms with Crippen LogP contribution in [0.4, 0.5) is 5.95 Å². The molecule has 4 aromatic rings. The lowest BCUT2D eigenvalue weighted by molar-refractivity contribution is 0.673. The van der Waals surface area contributed by atoms with Crippen LogP contribution < -0.4 is 0 Å². The van der Waals surface area contributed by atoms with Crippen molar-refractivity contribution in [2.24, 2.45) is 4.99 Å². The number of aliphatic imine (C=N–C) groups is 1. The number of fused-ring (bicyclic) bond motifs is 1. The van der Waals surface area contributed by atoms with Gasteiger partial charge < -0.3 is 0 Å². The Bertz CT molecular complexity index is 1100. The van der Waals surface area contributed by atoms with Crippen LogP contribution in [-0.2, 0) is 6.54 Å². The molecule has 3 aromatic carbocycles. The fourth-order valence-electron chi connectivity index (χ4n) is 2.87. The summed E-state index contributed by atoms with van der Waals surface area (Å²) in [5, 5.41) is 8.43. The topological polar surface area (TPSA) is 43.1 Å². The second-order valence-electron chi connectivity index (χ2n) is 6.00. The monoisotopic (exact) mass is 392 g/mol. The highest BCUT2D eigenvalue weighted by molar-refractivity contribution is 7.98. The summed E-state index contributed by atoms with van der Waals surface area (Å²) in [7, 11) is 0. The molecule has 0 saturated heterocycles. The highest BCUT2D eigenvalue weighted by Gasteiger charge is 2.10. The summed E-state index contributed by atoms with van der Waals surface area (Å²) in [6.07, 6.45) is 3.74. The minimum absolute atomic E-state index is 0.585. The van der Waals surface area contributed by atoms with E-state index in [-0.39, 0.29) is 0 Å². The molecular formula is C21H17ClN4S. The maximum atomic E-state index is 5.94. The van der Waals surface area contributed by atoms with Crippen molar-refractivity contribution >= 4 is 46.3 Å². The molecule has 1 heterocycles. The molecule has 1 aromatic heterocycles. The quantitative estimate of drug-likeness (QED) is 0.327. The molecule has 0 aliphatic carbocycles. The molecule has 6 heteroatoms. The Morgan fingerprint density at radius 3 is 2.63 bits per heavy atom. The van der Waals surface area contributed by atoms with E-state index < -0.39 is 0 Å². The van der Waals surface area contributed by atoms with Crippen molar-refractivity contribution < 1.29 is 0 Å². The van der Waals surface area contributed by atoms with Gasteiger partial charge in [0.25, 0.3) is 0 Å². The van der Waals surface area contributed by atoms with Crippen molar-refractivity contribution in [3.8, 4) is 0 Å². The van der Waals surface area contributed by atoms with Gasteiger partial charge in [-0.25, -0.2) is 9.67 Å². The van der Waals surface area contributed by atoms with Crippen molar-refractivity contribution in [2.75, 3.05) is 6.26 Å². The first kappa shape index (κ1) is 17.8. The number of benzene rings is 3. The van der Waals surface area contributed by atoms with Gasteiger partial charge in [0.2, 0.25) is 11.1 Å². The molecule has 0 atom stereocenters. The van der Waals surface area contributed by atoms with Crippen molar-refractivity contribution in [2.45, 2.75) is 11.7 Å². The Morgan fingerprint density at radius 1 is 1.04 bits per heavy atom. The first-order chi connectivity index (χ1) is 13.2. The van der Waals surface area contributed by atoms with Gasteiger partial charge in [-0.15, -0.1) is 5.10 Å². The average molecular weight is 393 g/mol. The SMILES string of the molecule is CSc1nc(/N=C\c2ccc(Cl)cc2)n(Cc2cccc3ccccc23)n1. The normalized spacial score (nSPS) is 11.5. The van der Waals surface area contributed by atoms with Crippen LogP contribution in [0.1, 0.15) is 11.1 Å². The average Bonchev–Trinajstić information content (AvgIpc) is 3.10. The van der Waals surface area contributed by atoms with E-state index in [2.05, 4.69) is 57.5 Å². The fraction of sp³-hybridized carbons (Fsp3) is 0.0952. The highest BCUT2D eigenvalue weighted by Crippen LogP contribution is 2.22. The number of halogens is 1. The van der Waals surface area contributed by atoms with Gasteiger partial charge in [0.1, 0.15) is 0 Å². The summed E-state index contributed by atoms with van der Waals surface area (Å²) in [6, 6.07) is 22.2. The van der Waals surface area contributed by atoms with Gasteiger partial charge in [0.05, 0.1) is 6.54 Å². The Balaban J connectivity index is 1.68.